The number of nitrogens with one attached hydrogen (secondary N) is 1. The smallest absolute Gasteiger partial charge is 0.293 e. The number of hydrogen-bond acceptors (Lipinski definition) is 7. The highest BCUT2D eigenvalue weighted by Gasteiger charge is 2.35. The molecule has 1 aromatic heterocycles. The van der Waals surface area contributed by atoms with E-state index in [1.165, 1.54) is 24.5 Å². The first-order valence-corrected chi connectivity index (χ1v) is 11.6. The molecule has 1 N–H and O–H groups in total. The van der Waals surface area contributed by atoms with Gasteiger partial charge in [-0.05, 0) is 36.0 Å². The number of thioether (sulfide) groups is 1. The number of piperazine rings is 1. The third-order valence-electron chi connectivity index (χ3n) is 5.48. The van der Waals surface area contributed by atoms with Gasteiger partial charge in [0, 0.05) is 44.8 Å². The number of hydrogen-bond donors (Lipinski definition) is 1. The van der Waals surface area contributed by atoms with Gasteiger partial charge in [-0.15, -0.1) is 0 Å². The first kappa shape index (κ1) is 23.7. The Kier molecular flexibility index (Phi) is 7.43. The zero-order valence-electron chi connectivity index (χ0n) is 18.2. The maximum atomic E-state index is 13.8. The molecule has 0 unspecified atom stereocenters. The number of furan rings is 1. The lowest BCUT2D eigenvalue weighted by Crippen LogP contribution is -2.51. The summed E-state index contributed by atoms with van der Waals surface area (Å²) >= 11 is 0.746. The molecule has 0 radical (unpaired) electrons. The second-order valence-corrected chi connectivity index (χ2v) is 8.74. The summed E-state index contributed by atoms with van der Waals surface area (Å²) in [5, 5.41) is 2.26. The fourth-order valence-electron chi connectivity index (χ4n) is 3.66. The Balaban J connectivity index is 1.20. The molecule has 2 saturated heterocycles. The summed E-state index contributed by atoms with van der Waals surface area (Å²) in [5.41, 5.74) is 0.229. The molecule has 2 fully saturated rings. The zero-order valence-corrected chi connectivity index (χ0v) is 19.1. The van der Waals surface area contributed by atoms with Crippen molar-refractivity contribution in [2.24, 2.45) is 0 Å². The molecule has 178 valence electrons. The molecule has 2 aliphatic heterocycles. The molecular weight excluding hydrogens is 463 g/mol. The number of benzene rings is 1. The van der Waals surface area contributed by atoms with Crippen LogP contribution < -0.4 is 5.32 Å². The zero-order chi connectivity index (χ0) is 24.1. The summed E-state index contributed by atoms with van der Waals surface area (Å²) in [6.45, 7) is 2.35. The van der Waals surface area contributed by atoms with Gasteiger partial charge in [-0.2, -0.15) is 0 Å². The maximum Gasteiger partial charge on any atom is 0.293 e. The van der Waals surface area contributed by atoms with Crippen LogP contribution >= 0.6 is 11.8 Å². The lowest BCUT2D eigenvalue weighted by atomic mass is 10.2. The topological polar surface area (TPSA) is 103 Å². The van der Waals surface area contributed by atoms with Crippen LogP contribution in [0.5, 0.6) is 0 Å². The summed E-state index contributed by atoms with van der Waals surface area (Å²) in [6.07, 6.45) is 2.81. The van der Waals surface area contributed by atoms with E-state index in [1.807, 2.05) is 4.90 Å². The van der Waals surface area contributed by atoms with Crippen molar-refractivity contribution in [3.05, 3.63) is 64.7 Å². The minimum Gasteiger partial charge on any atom is -0.459 e. The van der Waals surface area contributed by atoms with Crippen molar-refractivity contribution in [1.82, 2.24) is 20.0 Å². The Hall–Kier alpha value is -3.44. The van der Waals surface area contributed by atoms with Crippen molar-refractivity contribution in [3.63, 3.8) is 0 Å². The van der Waals surface area contributed by atoms with E-state index in [1.54, 1.807) is 29.2 Å². The largest absolute Gasteiger partial charge is 0.459 e. The summed E-state index contributed by atoms with van der Waals surface area (Å²) in [7, 11) is 0. The van der Waals surface area contributed by atoms with Gasteiger partial charge in [-0.25, -0.2) is 4.39 Å². The van der Waals surface area contributed by atoms with E-state index in [2.05, 4.69) is 5.32 Å². The summed E-state index contributed by atoms with van der Waals surface area (Å²) in [4.78, 5) is 54.1. The van der Waals surface area contributed by atoms with Crippen LogP contribution in [0.15, 0.2) is 52.0 Å². The standard InChI is InChI=1S/C23H23FN4O5S/c24-17-5-2-1-4-16(17)14-19-22(31)28(23(32)34-19)8-7-25-20(29)15-26-9-11-27(12-10-26)21(30)18-6-3-13-33-18/h1-6,13-14H,7-12,15H2,(H,25,29). The van der Waals surface area contributed by atoms with Crippen molar-refractivity contribution >= 4 is 40.8 Å². The van der Waals surface area contributed by atoms with E-state index in [0.717, 1.165) is 16.7 Å². The van der Waals surface area contributed by atoms with Crippen LogP contribution in [0.1, 0.15) is 16.1 Å². The van der Waals surface area contributed by atoms with E-state index in [4.69, 9.17) is 4.42 Å². The Bertz CT molecular complexity index is 1110. The van der Waals surface area contributed by atoms with E-state index < -0.39 is 17.0 Å². The van der Waals surface area contributed by atoms with Crippen LogP contribution in [0.2, 0.25) is 0 Å². The monoisotopic (exact) mass is 486 g/mol. The minimum absolute atomic E-state index is 0.0243. The molecule has 2 aromatic rings. The molecule has 3 heterocycles. The fraction of sp³-hybridized carbons (Fsp3) is 0.304. The first-order valence-electron chi connectivity index (χ1n) is 10.7. The number of carbonyl (C=O) groups is 4. The highest BCUT2D eigenvalue weighted by molar-refractivity contribution is 8.18. The summed E-state index contributed by atoms with van der Waals surface area (Å²) in [5.74, 6) is -1.10. The predicted molar refractivity (Wildman–Crippen MR) is 123 cm³/mol. The van der Waals surface area contributed by atoms with Crippen LogP contribution in [-0.2, 0) is 9.59 Å². The summed E-state index contributed by atoms with van der Waals surface area (Å²) in [6, 6.07) is 9.27. The van der Waals surface area contributed by atoms with Crippen molar-refractivity contribution in [2.75, 3.05) is 45.8 Å². The molecule has 1 aromatic carbocycles. The van der Waals surface area contributed by atoms with Crippen molar-refractivity contribution < 1.29 is 28.0 Å². The quantitative estimate of drug-likeness (QED) is 0.598. The molecule has 4 rings (SSSR count). The second kappa shape index (κ2) is 10.7. The Morgan fingerprint density at radius 1 is 1.09 bits per heavy atom. The summed E-state index contributed by atoms with van der Waals surface area (Å²) < 4.78 is 19.0. The van der Waals surface area contributed by atoms with Gasteiger partial charge < -0.3 is 14.6 Å². The average Bonchev–Trinajstić information content (AvgIpc) is 3.45. The number of imide groups is 1. The van der Waals surface area contributed by atoms with Gasteiger partial charge in [0.05, 0.1) is 17.7 Å². The number of amides is 4. The van der Waals surface area contributed by atoms with Gasteiger partial charge in [0.25, 0.3) is 17.1 Å². The van der Waals surface area contributed by atoms with Gasteiger partial charge in [0.2, 0.25) is 5.91 Å². The molecule has 34 heavy (non-hydrogen) atoms. The van der Waals surface area contributed by atoms with E-state index in [0.29, 0.717) is 31.9 Å². The SMILES string of the molecule is O=C(CN1CCN(C(=O)c2ccco2)CC1)NCCN1C(=O)SC(=Cc2ccccc2F)C1=O. The van der Waals surface area contributed by atoms with Crippen LogP contribution in [0.3, 0.4) is 0 Å². The first-order chi connectivity index (χ1) is 16.4. The van der Waals surface area contributed by atoms with Crippen molar-refractivity contribution in [1.29, 1.82) is 0 Å². The Morgan fingerprint density at radius 3 is 2.56 bits per heavy atom. The molecular formula is C23H23FN4O5S. The normalized spacial score (nSPS) is 18.1. The third-order valence-corrected chi connectivity index (χ3v) is 6.39. The Morgan fingerprint density at radius 2 is 1.85 bits per heavy atom. The second-order valence-electron chi connectivity index (χ2n) is 7.75. The molecule has 2 aliphatic rings. The molecule has 0 bridgehead atoms. The number of nitrogens with zero attached hydrogens (tertiary/aromatic N) is 3. The van der Waals surface area contributed by atoms with Crippen LogP contribution in [0.25, 0.3) is 6.08 Å². The predicted octanol–water partition coefficient (Wildman–Crippen LogP) is 2.03. The average molecular weight is 487 g/mol. The molecule has 11 heteroatoms. The minimum atomic E-state index is -0.509. The van der Waals surface area contributed by atoms with E-state index in [-0.39, 0.29) is 41.9 Å². The molecule has 9 nitrogen and oxygen atoms in total. The molecule has 0 atom stereocenters. The van der Waals surface area contributed by atoms with Gasteiger partial charge in [-0.3, -0.25) is 29.0 Å². The number of rotatable bonds is 7. The molecule has 0 spiro atoms. The van der Waals surface area contributed by atoms with E-state index in [9.17, 15) is 23.6 Å². The van der Waals surface area contributed by atoms with E-state index >= 15 is 0 Å². The number of carbonyl (C=O) groups excluding carboxylic acids is 4. The van der Waals surface area contributed by atoms with Gasteiger partial charge in [0.1, 0.15) is 5.82 Å². The highest BCUT2D eigenvalue weighted by Crippen LogP contribution is 2.32. The maximum absolute atomic E-state index is 13.8. The van der Waals surface area contributed by atoms with Crippen molar-refractivity contribution in [3.8, 4) is 0 Å². The lowest BCUT2D eigenvalue weighted by Gasteiger charge is -2.33. The van der Waals surface area contributed by atoms with Crippen LogP contribution in [-0.4, -0.2) is 83.5 Å². The van der Waals surface area contributed by atoms with Gasteiger partial charge in [0.15, 0.2) is 5.76 Å². The van der Waals surface area contributed by atoms with Gasteiger partial charge >= 0.3 is 0 Å². The molecule has 0 aliphatic carbocycles. The number of halogens is 1. The van der Waals surface area contributed by atoms with Crippen LogP contribution in [0, 0.1) is 5.82 Å². The molecule has 4 amide bonds. The fourth-order valence-corrected chi connectivity index (χ4v) is 4.51. The van der Waals surface area contributed by atoms with Crippen LogP contribution in [0.4, 0.5) is 9.18 Å². The Labute approximate surface area is 199 Å². The van der Waals surface area contributed by atoms with Crippen molar-refractivity contribution in [2.45, 2.75) is 0 Å². The lowest BCUT2D eigenvalue weighted by molar-refractivity contribution is -0.125. The highest BCUT2D eigenvalue weighted by atomic mass is 32.2. The third kappa shape index (κ3) is 5.54. The molecule has 0 saturated carbocycles. The van der Waals surface area contributed by atoms with Gasteiger partial charge in [-0.1, -0.05) is 18.2 Å².